The van der Waals surface area contributed by atoms with E-state index in [9.17, 15) is 0 Å². The van der Waals surface area contributed by atoms with Gasteiger partial charge in [-0.1, -0.05) is 18.5 Å². The van der Waals surface area contributed by atoms with Crippen LogP contribution in [0.4, 0.5) is 0 Å². The Labute approximate surface area is 117 Å². The van der Waals surface area contributed by atoms with Crippen LogP contribution in [0.3, 0.4) is 0 Å². The molecule has 2 aromatic heterocycles. The maximum absolute atomic E-state index is 5.86. The molecule has 1 N–H and O–H groups in total. The molecule has 102 valence electrons. The first-order valence-corrected chi connectivity index (χ1v) is 6.64. The molecule has 6 nitrogen and oxygen atoms in total. The number of aromatic nitrogens is 5. The maximum atomic E-state index is 5.86. The highest BCUT2D eigenvalue weighted by Gasteiger charge is 2.15. The first-order valence-electron chi connectivity index (χ1n) is 6.26. The van der Waals surface area contributed by atoms with Gasteiger partial charge in [0.2, 0.25) is 0 Å². The van der Waals surface area contributed by atoms with Gasteiger partial charge in [-0.3, -0.25) is 4.98 Å². The third-order valence-corrected chi connectivity index (χ3v) is 2.91. The quantitative estimate of drug-likeness (QED) is 0.869. The van der Waals surface area contributed by atoms with E-state index >= 15 is 0 Å². The van der Waals surface area contributed by atoms with Crippen molar-refractivity contribution < 1.29 is 0 Å². The molecular weight excluding hydrogens is 264 g/mol. The zero-order valence-electron chi connectivity index (χ0n) is 11.0. The number of hydrogen-bond donors (Lipinski definition) is 1. The van der Waals surface area contributed by atoms with Crippen LogP contribution >= 0.6 is 11.6 Å². The van der Waals surface area contributed by atoms with Crippen molar-refractivity contribution in [2.45, 2.75) is 25.8 Å². The fourth-order valence-corrected chi connectivity index (χ4v) is 1.89. The molecule has 0 saturated heterocycles. The van der Waals surface area contributed by atoms with Crippen LogP contribution in [0.25, 0.3) is 0 Å². The third kappa shape index (κ3) is 3.97. The van der Waals surface area contributed by atoms with Crippen LogP contribution in [0.1, 0.15) is 30.9 Å². The zero-order valence-corrected chi connectivity index (χ0v) is 11.8. The smallest absolute Gasteiger partial charge is 0.176 e. The van der Waals surface area contributed by atoms with E-state index < -0.39 is 0 Å². The van der Waals surface area contributed by atoms with E-state index in [1.807, 2.05) is 12.1 Å². The normalized spacial score (nSPS) is 12.6. The summed E-state index contributed by atoms with van der Waals surface area (Å²) in [4.78, 5) is 5.82. The minimum absolute atomic E-state index is 0.0708. The third-order valence-electron chi connectivity index (χ3n) is 2.68. The first-order chi connectivity index (χ1) is 9.19. The second-order valence-corrected chi connectivity index (χ2v) is 4.74. The summed E-state index contributed by atoms with van der Waals surface area (Å²) >= 11 is 5.86. The van der Waals surface area contributed by atoms with E-state index in [-0.39, 0.29) is 6.04 Å². The van der Waals surface area contributed by atoms with Gasteiger partial charge in [-0.05, 0) is 30.3 Å². The van der Waals surface area contributed by atoms with Crippen LogP contribution in [0.5, 0.6) is 0 Å². The number of nitrogens with zero attached hydrogens (tertiary/aromatic N) is 5. The van der Waals surface area contributed by atoms with Crippen LogP contribution in [0.2, 0.25) is 5.02 Å². The highest BCUT2D eigenvalue weighted by Crippen LogP contribution is 2.16. The van der Waals surface area contributed by atoms with Crippen molar-refractivity contribution in [2.24, 2.45) is 7.05 Å². The van der Waals surface area contributed by atoms with Crippen LogP contribution in [0, 0.1) is 0 Å². The Morgan fingerprint density at radius 2 is 2.26 bits per heavy atom. The zero-order chi connectivity index (χ0) is 13.7. The van der Waals surface area contributed by atoms with Crippen LogP contribution in [-0.2, 0) is 13.5 Å². The Hall–Kier alpha value is -1.53. The second-order valence-electron chi connectivity index (χ2n) is 4.31. The van der Waals surface area contributed by atoms with Gasteiger partial charge in [0.25, 0.3) is 0 Å². The molecule has 0 fully saturated rings. The molecule has 0 aromatic carbocycles. The number of aryl methyl sites for hydroxylation is 1. The topological polar surface area (TPSA) is 68.5 Å². The molecule has 0 aliphatic rings. The van der Waals surface area contributed by atoms with Crippen molar-refractivity contribution in [2.75, 3.05) is 6.54 Å². The van der Waals surface area contributed by atoms with E-state index in [2.05, 4.69) is 32.6 Å². The highest BCUT2D eigenvalue weighted by atomic mass is 35.5. The fraction of sp³-hybridized carbons (Fsp3) is 0.500. The Bertz CT molecular complexity index is 509. The second kappa shape index (κ2) is 6.58. The summed E-state index contributed by atoms with van der Waals surface area (Å²) in [6.07, 6.45) is 3.36. The Balaban J connectivity index is 2.13. The minimum Gasteiger partial charge on any atom is -0.308 e. The molecule has 0 amide bonds. The standard InChI is InChI=1S/C12H17ClN6/c1-3-6-14-11(7-12-16-18-19(2)17-12)10-5-4-9(13)8-15-10/h4-5,8,11,14H,3,6-7H2,1-2H3. The molecule has 0 spiro atoms. The lowest BCUT2D eigenvalue weighted by Crippen LogP contribution is -2.25. The molecule has 0 saturated carbocycles. The summed E-state index contributed by atoms with van der Waals surface area (Å²) in [6.45, 7) is 3.04. The number of halogens is 1. The summed E-state index contributed by atoms with van der Waals surface area (Å²) in [5.74, 6) is 0.702. The molecule has 1 unspecified atom stereocenters. The molecule has 2 aromatic rings. The van der Waals surface area contributed by atoms with Gasteiger partial charge < -0.3 is 5.32 Å². The SMILES string of the molecule is CCCNC(Cc1nnn(C)n1)c1ccc(Cl)cn1. The number of tetrazole rings is 1. The molecule has 2 heterocycles. The average molecular weight is 281 g/mol. The summed E-state index contributed by atoms with van der Waals surface area (Å²) in [5, 5.41) is 16.1. The predicted molar refractivity (Wildman–Crippen MR) is 72.8 cm³/mol. The van der Waals surface area contributed by atoms with E-state index in [4.69, 9.17) is 11.6 Å². The molecule has 7 heteroatoms. The van der Waals surface area contributed by atoms with Crippen LogP contribution < -0.4 is 5.32 Å². The molecule has 2 rings (SSSR count). The van der Waals surface area contributed by atoms with Crippen LogP contribution in [-0.4, -0.2) is 31.7 Å². The van der Waals surface area contributed by atoms with E-state index in [0.717, 1.165) is 18.7 Å². The van der Waals surface area contributed by atoms with Gasteiger partial charge in [-0.15, -0.1) is 10.2 Å². The number of nitrogens with one attached hydrogen (secondary N) is 1. The van der Waals surface area contributed by atoms with Gasteiger partial charge in [0.15, 0.2) is 5.82 Å². The predicted octanol–water partition coefficient (Wildman–Crippen LogP) is 1.54. The molecular formula is C12H17ClN6. The van der Waals surface area contributed by atoms with Gasteiger partial charge in [0.05, 0.1) is 23.8 Å². The molecule has 0 aliphatic carbocycles. The van der Waals surface area contributed by atoms with E-state index in [1.54, 1.807) is 13.2 Å². The fourth-order valence-electron chi connectivity index (χ4n) is 1.78. The molecule has 0 radical (unpaired) electrons. The Morgan fingerprint density at radius 3 is 2.84 bits per heavy atom. The largest absolute Gasteiger partial charge is 0.308 e. The van der Waals surface area contributed by atoms with Gasteiger partial charge in [-0.25, -0.2) is 0 Å². The first kappa shape index (κ1) is 13.9. The summed E-state index contributed by atoms with van der Waals surface area (Å²) < 4.78 is 0. The lowest BCUT2D eigenvalue weighted by molar-refractivity contribution is 0.506. The number of pyridine rings is 1. The highest BCUT2D eigenvalue weighted by molar-refractivity contribution is 6.30. The molecule has 19 heavy (non-hydrogen) atoms. The van der Waals surface area contributed by atoms with Gasteiger partial charge in [0.1, 0.15) is 0 Å². The van der Waals surface area contributed by atoms with Crippen LogP contribution in [0.15, 0.2) is 18.3 Å². The lowest BCUT2D eigenvalue weighted by atomic mass is 10.1. The summed E-state index contributed by atoms with van der Waals surface area (Å²) in [5.41, 5.74) is 0.935. The number of hydrogen-bond acceptors (Lipinski definition) is 5. The van der Waals surface area contributed by atoms with Crippen molar-refractivity contribution in [3.63, 3.8) is 0 Å². The maximum Gasteiger partial charge on any atom is 0.176 e. The Kier molecular flexibility index (Phi) is 4.81. The van der Waals surface area contributed by atoms with Crippen molar-refractivity contribution >= 4 is 11.6 Å². The molecule has 0 bridgehead atoms. The van der Waals surface area contributed by atoms with Gasteiger partial charge >= 0.3 is 0 Å². The van der Waals surface area contributed by atoms with E-state index in [1.165, 1.54) is 4.80 Å². The number of rotatable bonds is 6. The van der Waals surface area contributed by atoms with Crippen molar-refractivity contribution in [1.29, 1.82) is 0 Å². The minimum atomic E-state index is 0.0708. The summed E-state index contributed by atoms with van der Waals surface area (Å²) in [6, 6.07) is 3.84. The lowest BCUT2D eigenvalue weighted by Gasteiger charge is -2.16. The molecule has 1 atom stereocenters. The average Bonchev–Trinajstić information content (AvgIpc) is 2.81. The summed E-state index contributed by atoms with van der Waals surface area (Å²) in [7, 11) is 1.76. The Morgan fingerprint density at radius 1 is 1.42 bits per heavy atom. The monoisotopic (exact) mass is 280 g/mol. The van der Waals surface area contributed by atoms with Crippen molar-refractivity contribution in [3.8, 4) is 0 Å². The van der Waals surface area contributed by atoms with Crippen molar-refractivity contribution in [1.82, 2.24) is 30.5 Å². The van der Waals surface area contributed by atoms with Gasteiger partial charge in [-0.2, -0.15) is 4.80 Å². The molecule has 0 aliphatic heterocycles. The van der Waals surface area contributed by atoms with E-state index in [0.29, 0.717) is 17.3 Å². The van der Waals surface area contributed by atoms with Crippen molar-refractivity contribution in [3.05, 3.63) is 34.9 Å². The van der Waals surface area contributed by atoms with Gasteiger partial charge in [0, 0.05) is 12.6 Å².